The lowest BCUT2D eigenvalue weighted by atomic mass is 10.2. The molecule has 0 aliphatic rings. The first kappa shape index (κ1) is 13.7. The number of ether oxygens (including phenoxy) is 1. The van der Waals surface area contributed by atoms with Crippen molar-refractivity contribution in [2.75, 3.05) is 18.2 Å². The van der Waals surface area contributed by atoms with Crippen LogP contribution in [0.2, 0.25) is 0 Å². The van der Waals surface area contributed by atoms with Crippen LogP contribution >= 0.6 is 22.6 Å². The number of nitrogens with one attached hydrogen (secondary N) is 1. The summed E-state index contributed by atoms with van der Waals surface area (Å²) in [5, 5.41) is 2.81. The van der Waals surface area contributed by atoms with E-state index in [2.05, 4.69) is 27.9 Å². The van der Waals surface area contributed by atoms with Gasteiger partial charge >= 0.3 is 0 Å². The first-order chi connectivity index (χ1) is 9.11. The maximum absolute atomic E-state index is 12.1. The lowest BCUT2D eigenvalue weighted by Gasteiger charge is -2.09. The molecule has 0 unspecified atom stereocenters. The molecule has 0 aliphatic heterocycles. The van der Waals surface area contributed by atoms with Crippen molar-refractivity contribution in [3.8, 4) is 5.75 Å². The number of halogens is 1. The third-order valence-electron chi connectivity index (χ3n) is 2.61. The number of amides is 1. The van der Waals surface area contributed by atoms with Gasteiger partial charge in [-0.3, -0.25) is 4.79 Å². The Morgan fingerprint density at radius 1 is 1.26 bits per heavy atom. The molecule has 3 N–H and O–H groups in total. The number of nitrogens with two attached hydrogens (primary N) is 1. The molecule has 0 atom stereocenters. The largest absolute Gasteiger partial charge is 0.495 e. The molecule has 0 saturated carbocycles. The van der Waals surface area contributed by atoms with Crippen molar-refractivity contribution < 1.29 is 9.53 Å². The molecule has 1 amide bonds. The number of carbonyl (C=O) groups is 1. The van der Waals surface area contributed by atoms with E-state index < -0.39 is 0 Å². The van der Waals surface area contributed by atoms with E-state index in [1.54, 1.807) is 31.4 Å². The van der Waals surface area contributed by atoms with Crippen LogP contribution in [0, 0.1) is 3.57 Å². The van der Waals surface area contributed by atoms with E-state index in [9.17, 15) is 4.79 Å². The summed E-state index contributed by atoms with van der Waals surface area (Å²) in [6.45, 7) is 0. The van der Waals surface area contributed by atoms with Crippen molar-refractivity contribution in [2.24, 2.45) is 0 Å². The molecule has 0 aliphatic carbocycles. The molecule has 0 saturated heterocycles. The zero-order chi connectivity index (χ0) is 13.8. The second kappa shape index (κ2) is 5.92. The normalized spacial score (nSPS) is 10.0. The Morgan fingerprint density at radius 2 is 2.00 bits per heavy atom. The molecular formula is C14H13IN2O2. The van der Waals surface area contributed by atoms with Gasteiger partial charge in [-0.2, -0.15) is 0 Å². The smallest absolute Gasteiger partial charge is 0.256 e. The summed E-state index contributed by atoms with van der Waals surface area (Å²) in [7, 11) is 1.55. The molecular weight excluding hydrogens is 355 g/mol. The van der Waals surface area contributed by atoms with E-state index in [0.717, 1.165) is 3.57 Å². The Balaban J connectivity index is 2.20. The first-order valence-electron chi connectivity index (χ1n) is 5.61. The van der Waals surface area contributed by atoms with E-state index in [0.29, 0.717) is 22.7 Å². The number of rotatable bonds is 3. The molecule has 19 heavy (non-hydrogen) atoms. The summed E-state index contributed by atoms with van der Waals surface area (Å²) >= 11 is 2.13. The zero-order valence-electron chi connectivity index (χ0n) is 10.3. The third-order valence-corrected chi connectivity index (χ3v) is 3.55. The molecule has 2 aromatic rings. The molecule has 0 bridgehead atoms. The maximum atomic E-state index is 12.1. The number of benzene rings is 2. The van der Waals surface area contributed by atoms with Gasteiger partial charge in [0.25, 0.3) is 5.91 Å². The Bertz CT molecular complexity index is 614. The van der Waals surface area contributed by atoms with Gasteiger partial charge < -0.3 is 15.8 Å². The van der Waals surface area contributed by atoms with E-state index in [1.165, 1.54) is 0 Å². The van der Waals surface area contributed by atoms with Gasteiger partial charge in [0.2, 0.25) is 0 Å². The average molecular weight is 368 g/mol. The van der Waals surface area contributed by atoms with Crippen LogP contribution in [0.3, 0.4) is 0 Å². The number of methoxy groups -OCH3 is 1. The standard InChI is InChI=1S/C14H13IN2O2/c1-19-13-7-6-9(8-12(13)16)17-14(18)10-4-2-3-5-11(10)15/h2-8H,16H2,1H3,(H,17,18). The minimum absolute atomic E-state index is 0.158. The Hall–Kier alpha value is -1.76. The van der Waals surface area contributed by atoms with E-state index in [-0.39, 0.29) is 5.91 Å². The predicted octanol–water partition coefficient (Wildman–Crippen LogP) is 3.13. The zero-order valence-corrected chi connectivity index (χ0v) is 12.5. The highest BCUT2D eigenvalue weighted by Crippen LogP contribution is 2.25. The van der Waals surface area contributed by atoms with Gasteiger partial charge in [-0.05, 0) is 52.9 Å². The van der Waals surface area contributed by atoms with Crippen LogP contribution in [0.5, 0.6) is 5.75 Å². The highest BCUT2D eigenvalue weighted by Gasteiger charge is 2.10. The van der Waals surface area contributed by atoms with Gasteiger partial charge in [0.15, 0.2) is 0 Å². The highest BCUT2D eigenvalue weighted by atomic mass is 127. The lowest BCUT2D eigenvalue weighted by molar-refractivity contribution is 0.102. The Kier molecular flexibility index (Phi) is 4.26. The van der Waals surface area contributed by atoms with Crippen LogP contribution in [-0.4, -0.2) is 13.0 Å². The van der Waals surface area contributed by atoms with Gasteiger partial charge in [0.1, 0.15) is 5.75 Å². The second-order valence-electron chi connectivity index (χ2n) is 3.89. The first-order valence-corrected chi connectivity index (χ1v) is 6.69. The topological polar surface area (TPSA) is 64.3 Å². The van der Waals surface area contributed by atoms with Gasteiger partial charge in [-0.15, -0.1) is 0 Å². The minimum atomic E-state index is -0.158. The number of hydrogen-bond acceptors (Lipinski definition) is 3. The third kappa shape index (κ3) is 3.17. The summed E-state index contributed by atoms with van der Waals surface area (Å²) in [4.78, 5) is 12.1. The van der Waals surface area contributed by atoms with Gasteiger partial charge in [0, 0.05) is 9.26 Å². The van der Waals surface area contributed by atoms with Crippen LogP contribution in [-0.2, 0) is 0 Å². The molecule has 0 aromatic heterocycles. The molecule has 2 aromatic carbocycles. The molecule has 98 valence electrons. The molecule has 0 spiro atoms. The Labute approximate surface area is 125 Å². The SMILES string of the molecule is COc1ccc(NC(=O)c2ccccc2I)cc1N. The summed E-state index contributed by atoms with van der Waals surface area (Å²) in [6.07, 6.45) is 0. The fraction of sp³-hybridized carbons (Fsp3) is 0.0714. The molecule has 0 radical (unpaired) electrons. The van der Waals surface area contributed by atoms with E-state index in [4.69, 9.17) is 10.5 Å². The van der Waals surface area contributed by atoms with Gasteiger partial charge in [-0.1, -0.05) is 12.1 Å². The monoisotopic (exact) mass is 368 g/mol. The highest BCUT2D eigenvalue weighted by molar-refractivity contribution is 14.1. The summed E-state index contributed by atoms with van der Waals surface area (Å²) in [6, 6.07) is 12.5. The summed E-state index contributed by atoms with van der Waals surface area (Å²) < 4.78 is 5.97. The Morgan fingerprint density at radius 3 is 2.63 bits per heavy atom. The van der Waals surface area contributed by atoms with Crippen LogP contribution < -0.4 is 15.8 Å². The van der Waals surface area contributed by atoms with E-state index in [1.807, 2.05) is 18.2 Å². The second-order valence-corrected chi connectivity index (χ2v) is 5.05. The fourth-order valence-electron chi connectivity index (χ4n) is 1.66. The molecule has 0 fully saturated rings. The fourth-order valence-corrected chi connectivity index (χ4v) is 2.29. The quantitative estimate of drug-likeness (QED) is 0.646. The summed E-state index contributed by atoms with van der Waals surface area (Å²) in [5.74, 6) is 0.432. The van der Waals surface area contributed by atoms with Crippen molar-refractivity contribution in [1.29, 1.82) is 0 Å². The van der Waals surface area contributed by atoms with Crippen molar-refractivity contribution in [3.63, 3.8) is 0 Å². The van der Waals surface area contributed by atoms with Crippen LogP contribution in [0.1, 0.15) is 10.4 Å². The predicted molar refractivity (Wildman–Crippen MR) is 84.5 cm³/mol. The lowest BCUT2D eigenvalue weighted by Crippen LogP contribution is -2.13. The van der Waals surface area contributed by atoms with Crippen molar-refractivity contribution in [1.82, 2.24) is 0 Å². The van der Waals surface area contributed by atoms with Crippen LogP contribution in [0.15, 0.2) is 42.5 Å². The van der Waals surface area contributed by atoms with Gasteiger partial charge in [-0.25, -0.2) is 0 Å². The maximum Gasteiger partial charge on any atom is 0.256 e. The number of anilines is 2. The van der Waals surface area contributed by atoms with E-state index >= 15 is 0 Å². The van der Waals surface area contributed by atoms with Crippen LogP contribution in [0.4, 0.5) is 11.4 Å². The number of nitrogen functional groups attached to an aromatic ring is 1. The van der Waals surface area contributed by atoms with Crippen LogP contribution in [0.25, 0.3) is 0 Å². The molecule has 2 rings (SSSR count). The number of hydrogen-bond donors (Lipinski definition) is 2. The van der Waals surface area contributed by atoms with Crippen molar-refractivity contribution in [3.05, 3.63) is 51.6 Å². The minimum Gasteiger partial charge on any atom is -0.495 e. The molecule has 5 heteroatoms. The van der Waals surface area contributed by atoms with Crippen molar-refractivity contribution in [2.45, 2.75) is 0 Å². The summed E-state index contributed by atoms with van der Waals surface area (Å²) in [5.41, 5.74) is 7.57. The average Bonchev–Trinajstić information content (AvgIpc) is 2.39. The van der Waals surface area contributed by atoms with Gasteiger partial charge in [0.05, 0.1) is 18.4 Å². The molecule has 4 nitrogen and oxygen atoms in total. The number of carbonyl (C=O) groups excluding carboxylic acids is 1. The van der Waals surface area contributed by atoms with Crippen molar-refractivity contribution >= 4 is 39.9 Å². The molecule has 0 heterocycles.